The molecule has 0 N–H and O–H groups in total. The number of allylic oxidation sites excluding steroid dienone is 2. The molecule has 2 saturated carbocycles. The van der Waals surface area contributed by atoms with Gasteiger partial charge in [0.15, 0.2) is 12.4 Å². The number of amides is 2. The van der Waals surface area contributed by atoms with E-state index in [1.807, 2.05) is 0 Å². The van der Waals surface area contributed by atoms with E-state index in [-0.39, 0.29) is 46.8 Å². The number of hydrogen-bond acceptors (Lipinski definition) is 6. The lowest BCUT2D eigenvalue weighted by molar-refractivity contribution is -0.124. The molecule has 172 valence electrons. The number of rotatable bonds is 6. The summed E-state index contributed by atoms with van der Waals surface area (Å²) in [5.74, 6) is 0.270. The topological polar surface area (TPSA) is 90.0 Å². The van der Waals surface area contributed by atoms with Gasteiger partial charge in [-0.1, -0.05) is 12.2 Å². The molecule has 2 bridgehead atoms. The summed E-state index contributed by atoms with van der Waals surface area (Å²) >= 11 is 0. The molecule has 5 aliphatic rings. The largest absolute Gasteiger partial charge is 0.497 e. The standard InChI is InChI=1S/C27H23NO6/c1-33-17-8-4-14(5-9-17)22(29)13-34-27(32)15-2-6-16(7-3-15)28-25(30)23-18-10-11-19(21-12-20(18)21)24(23)26(28)31/h2-11,18-21,23-24H,12-13H2,1H3/t18-,19-,20-,21-,23+,24+/m1/s1. The van der Waals surface area contributed by atoms with Gasteiger partial charge in [0.1, 0.15) is 5.75 Å². The second-order valence-electron chi connectivity index (χ2n) is 9.44. The van der Waals surface area contributed by atoms with E-state index in [9.17, 15) is 19.2 Å². The number of benzene rings is 2. The summed E-state index contributed by atoms with van der Waals surface area (Å²) in [6, 6.07) is 12.7. The van der Waals surface area contributed by atoms with Gasteiger partial charge >= 0.3 is 5.97 Å². The van der Waals surface area contributed by atoms with E-state index in [4.69, 9.17) is 9.47 Å². The van der Waals surface area contributed by atoms with Crippen LogP contribution in [-0.2, 0) is 14.3 Å². The van der Waals surface area contributed by atoms with Crippen LogP contribution in [-0.4, -0.2) is 37.3 Å². The smallest absolute Gasteiger partial charge is 0.338 e. The van der Waals surface area contributed by atoms with Crippen molar-refractivity contribution in [1.29, 1.82) is 0 Å². The molecule has 2 aromatic rings. The number of ketones is 1. The molecule has 1 saturated heterocycles. The van der Waals surface area contributed by atoms with Crippen LogP contribution in [0.1, 0.15) is 27.1 Å². The Morgan fingerprint density at radius 2 is 1.41 bits per heavy atom. The minimum Gasteiger partial charge on any atom is -0.497 e. The van der Waals surface area contributed by atoms with Crippen LogP contribution in [0.25, 0.3) is 0 Å². The monoisotopic (exact) mass is 457 g/mol. The van der Waals surface area contributed by atoms with E-state index < -0.39 is 12.6 Å². The Hall–Kier alpha value is -3.74. The number of ether oxygens (including phenoxy) is 2. The van der Waals surface area contributed by atoms with Crippen molar-refractivity contribution >= 4 is 29.3 Å². The van der Waals surface area contributed by atoms with Crippen molar-refractivity contribution in [3.05, 3.63) is 71.8 Å². The van der Waals surface area contributed by atoms with Gasteiger partial charge in [-0.05, 0) is 78.6 Å². The van der Waals surface area contributed by atoms with E-state index in [0.717, 1.165) is 6.42 Å². The van der Waals surface area contributed by atoms with Gasteiger partial charge in [0.25, 0.3) is 0 Å². The van der Waals surface area contributed by atoms with Crippen molar-refractivity contribution in [3.8, 4) is 5.75 Å². The fourth-order valence-electron chi connectivity index (χ4n) is 6.03. The molecule has 7 heteroatoms. The first kappa shape index (κ1) is 20.8. The van der Waals surface area contributed by atoms with Crippen molar-refractivity contribution in [2.24, 2.45) is 35.5 Å². The third-order valence-corrected chi connectivity index (χ3v) is 7.77. The van der Waals surface area contributed by atoms with Gasteiger partial charge in [0.05, 0.1) is 30.2 Å². The highest BCUT2D eigenvalue weighted by molar-refractivity contribution is 6.22. The maximum atomic E-state index is 13.2. The predicted molar refractivity (Wildman–Crippen MR) is 121 cm³/mol. The highest BCUT2D eigenvalue weighted by Gasteiger charge is 2.67. The minimum absolute atomic E-state index is 0.139. The van der Waals surface area contributed by atoms with Crippen LogP contribution in [0.2, 0.25) is 0 Å². The first-order chi connectivity index (χ1) is 16.5. The zero-order chi connectivity index (χ0) is 23.6. The van der Waals surface area contributed by atoms with E-state index in [1.54, 1.807) is 36.4 Å². The van der Waals surface area contributed by atoms with Crippen molar-refractivity contribution in [2.45, 2.75) is 6.42 Å². The zero-order valence-corrected chi connectivity index (χ0v) is 18.5. The Kier molecular flexibility index (Phi) is 4.69. The van der Waals surface area contributed by atoms with Crippen molar-refractivity contribution < 1.29 is 28.7 Å². The van der Waals surface area contributed by atoms with Gasteiger partial charge in [-0.25, -0.2) is 4.79 Å². The van der Waals surface area contributed by atoms with E-state index >= 15 is 0 Å². The van der Waals surface area contributed by atoms with Crippen LogP contribution in [0.5, 0.6) is 5.75 Å². The van der Waals surface area contributed by atoms with Crippen LogP contribution in [0.3, 0.4) is 0 Å². The van der Waals surface area contributed by atoms with Gasteiger partial charge in [0.2, 0.25) is 11.8 Å². The molecule has 1 aliphatic heterocycles. The number of hydrogen-bond donors (Lipinski definition) is 0. The van der Waals surface area contributed by atoms with Crippen LogP contribution in [0.4, 0.5) is 5.69 Å². The lowest BCUT2D eigenvalue weighted by Gasteiger charge is -2.37. The summed E-state index contributed by atoms with van der Waals surface area (Å²) in [7, 11) is 1.54. The Bertz CT molecular complexity index is 1190. The van der Waals surface area contributed by atoms with Crippen LogP contribution >= 0.6 is 0 Å². The molecule has 34 heavy (non-hydrogen) atoms. The molecule has 0 aromatic heterocycles. The van der Waals surface area contributed by atoms with Crippen LogP contribution < -0.4 is 9.64 Å². The molecule has 0 unspecified atom stereocenters. The highest BCUT2D eigenvalue weighted by atomic mass is 16.5. The predicted octanol–water partition coefficient (Wildman–Crippen LogP) is 3.29. The summed E-state index contributed by atoms with van der Waals surface area (Å²) in [6.07, 6.45) is 5.40. The van der Waals surface area contributed by atoms with Gasteiger partial charge in [-0.2, -0.15) is 0 Å². The molecular weight excluding hydrogens is 434 g/mol. The Morgan fingerprint density at radius 3 is 1.97 bits per heavy atom. The summed E-state index contributed by atoms with van der Waals surface area (Å²) in [4.78, 5) is 52.4. The molecule has 6 atom stereocenters. The number of imide groups is 1. The fourth-order valence-corrected chi connectivity index (χ4v) is 6.03. The second-order valence-corrected chi connectivity index (χ2v) is 9.44. The number of methoxy groups -OCH3 is 1. The number of esters is 1. The van der Waals surface area contributed by atoms with Gasteiger partial charge < -0.3 is 9.47 Å². The molecule has 2 aromatic carbocycles. The van der Waals surface area contributed by atoms with Crippen molar-refractivity contribution in [2.75, 3.05) is 18.6 Å². The molecule has 7 rings (SSSR count). The Balaban J connectivity index is 1.12. The molecule has 0 radical (unpaired) electrons. The van der Waals surface area contributed by atoms with Gasteiger partial charge in [0, 0.05) is 5.56 Å². The van der Waals surface area contributed by atoms with Gasteiger partial charge in [-0.15, -0.1) is 0 Å². The molecule has 1 heterocycles. The van der Waals surface area contributed by atoms with Gasteiger partial charge in [-0.3, -0.25) is 19.3 Å². The fraction of sp³-hybridized carbons (Fsp3) is 0.333. The Morgan fingerprint density at radius 1 is 0.853 bits per heavy atom. The maximum Gasteiger partial charge on any atom is 0.338 e. The van der Waals surface area contributed by atoms with E-state index in [2.05, 4.69) is 12.2 Å². The molecule has 0 spiro atoms. The first-order valence-corrected chi connectivity index (χ1v) is 11.5. The zero-order valence-electron chi connectivity index (χ0n) is 18.5. The summed E-state index contributed by atoms with van der Waals surface area (Å²) < 4.78 is 10.2. The molecule has 3 fully saturated rings. The molecular formula is C27H23NO6. The normalized spacial score (nSPS) is 30.1. The average molecular weight is 457 g/mol. The quantitative estimate of drug-likeness (QED) is 0.286. The third-order valence-electron chi connectivity index (χ3n) is 7.77. The van der Waals surface area contributed by atoms with Crippen molar-refractivity contribution in [3.63, 3.8) is 0 Å². The Labute approximate surface area is 196 Å². The number of carbonyl (C=O) groups is 4. The summed E-state index contributed by atoms with van der Waals surface area (Å²) in [5, 5.41) is 0. The number of carbonyl (C=O) groups excluding carboxylic acids is 4. The number of nitrogens with zero attached hydrogens (tertiary/aromatic N) is 1. The number of anilines is 1. The molecule has 4 aliphatic carbocycles. The average Bonchev–Trinajstić information content (AvgIpc) is 3.65. The van der Waals surface area contributed by atoms with E-state index in [0.29, 0.717) is 28.8 Å². The van der Waals surface area contributed by atoms with Crippen molar-refractivity contribution in [1.82, 2.24) is 0 Å². The summed E-state index contributed by atoms with van der Waals surface area (Å²) in [6.45, 7) is -0.391. The van der Waals surface area contributed by atoms with Crippen LogP contribution in [0.15, 0.2) is 60.7 Å². The molecule has 2 amide bonds. The lowest BCUT2D eigenvalue weighted by atomic mass is 9.63. The SMILES string of the molecule is COc1ccc(C(=O)COC(=O)c2ccc(N3C(=O)[C@H]4[C@@H]5C=C[C@H]([C@H]6C[C@H]56)[C@@H]4C3=O)cc2)cc1. The highest BCUT2D eigenvalue weighted by Crippen LogP contribution is 2.65. The lowest BCUT2D eigenvalue weighted by Crippen LogP contribution is -2.40. The second kappa shape index (κ2) is 7.65. The minimum atomic E-state index is -0.650. The maximum absolute atomic E-state index is 13.2. The number of Topliss-reactive ketones (excluding diaryl/α,β-unsaturated/α-hetero) is 1. The third kappa shape index (κ3) is 3.10. The van der Waals surface area contributed by atoms with E-state index in [1.165, 1.54) is 24.1 Å². The molecule has 7 nitrogen and oxygen atoms in total. The first-order valence-electron chi connectivity index (χ1n) is 11.5. The van der Waals surface area contributed by atoms with Crippen LogP contribution in [0, 0.1) is 35.5 Å². The summed E-state index contributed by atoms with van der Waals surface area (Å²) in [5.41, 5.74) is 1.12.